The molecule has 15 heavy (non-hydrogen) atoms. The van der Waals surface area contributed by atoms with Crippen LogP contribution in [0.2, 0.25) is 0 Å². The molecule has 0 N–H and O–H groups in total. The first-order chi connectivity index (χ1) is 7.22. The molecule has 1 unspecified atom stereocenters. The number of benzene rings is 1. The van der Waals surface area contributed by atoms with Crippen LogP contribution in [-0.4, -0.2) is 10.0 Å². The fourth-order valence-electron chi connectivity index (χ4n) is 1.19. The second-order valence-corrected chi connectivity index (χ2v) is 5.01. The maximum absolute atomic E-state index is 4.42. The lowest BCUT2D eigenvalue weighted by Gasteiger charge is -2.12. The molecule has 0 amide bonds. The summed E-state index contributed by atoms with van der Waals surface area (Å²) in [4.78, 5) is 4.30. The van der Waals surface area contributed by atoms with Gasteiger partial charge in [0.05, 0.1) is 5.69 Å². The Morgan fingerprint density at radius 3 is 2.67 bits per heavy atom. The van der Waals surface area contributed by atoms with Crippen LogP contribution in [0.1, 0.15) is 20.3 Å². The van der Waals surface area contributed by atoms with Gasteiger partial charge in [-0.15, -0.1) is 5.11 Å². The average Bonchev–Trinajstić information content (AvgIpc) is 2.63. The SMILES string of the molecule is CCC1(C)N=NC(=Nc2ccccc2)S1. The van der Waals surface area contributed by atoms with Crippen molar-refractivity contribution in [3.05, 3.63) is 30.3 Å². The summed E-state index contributed by atoms with van der Waals surface area (Å²) in [5.74, 6) is 0. The van der Waals surface area contributed by atoms with Crippen molar-refractivity contribution < 1.29 is 0 Å². The summed E-state index contributed by atoms with van der Waals surface area (Å²) in [6.45, 7) is 4.19. The van der Waals surface area contributed by atoms with Crippen molar-refractivity contribution in [1.82, 2.24) is 0 Å². The molecule has 0 saturated carbocycles. The van der Waals surface area contributed by atoms with Gasteiger partial charge in [0.2, 0.25) is 5.17 Å². The van der Waals surface area contributed by atoms with Gasteiger partial charge in [-0.05, 0) is 25.5 Å². The minimum absolute atomic E-state index is 0.117. The predicted octanol–water partition coefficient (Wildman–Crippen LogP) is 4.00. The Kier molecular flexibility index (Phi) is 2.86. The summed E-state index contributed by atoms with van der Waals surface area (Å²) >= 11 is 1.62. The fraction of sp³-hybridized carbons (Fsp3) is 0.364. The summed E-state index contributed by atoms with van der Waals surface area (Å²) in [7, 11) is 0. The number of para-hydroxylation sites is 1. The van der Waals surface area contributed by atoms with E-state index in [4.69, 9.17) is 0 Å². The van der Waals surface area contributed by atoms with Crippen LogP contribution in [0.3, 0.4) is 0 Å². The minimum atomic E-state index is -0.117. The third kappa shape index (κ3) is 2.45. The molecular weight excluding hydrogens is 206 g/mol. The highest BCUT2D eigenvalue weighted by Crippen LogP contribution is 2.38. The molecular formula is C11H13N3S. The first kappa shape index (κ1) is 10.4. The van der Waals surface area contributed by atoms with E-state index in [0.29, 0.717) is 0 Å². The van der Waals surface area contributed by atoms with Crippen molar-refractivity contribution in [3.63, 3.8) is 0 Å². The second kappa shape index (κ2) is 4.14. The zero-order valence-electron chi connectivity index (χ0n) is 8.84. The van der Waals surface area contributed by atoms with E-state index >= 15 is 0 Å². The van der Waals surface area contributed by atoms with Crippen molar-refractivity contribution in [2.45, 2.75) is 25.1 Å². The van der Waals surface area contributed by atoms with Crippen molar-refractivity contribution in [2.75, 3.05) is 0 Å². The molecule has 0 aromatic heterocycles. The van der Waals surface area contributed by atoms with Gasteiger partial charge in [0.1, 0.15) is 4.87 Å². The normalized spacial score (nSPS) is 27.5. The smallest absolute Gasteiger partial charge is 0.211 e. The van der Waals surface area contributed by atoms with E-state index in [2.05, 4.69) is 29.1 Å². The van der Waals surface area contributed by atoms with Crippen LogP contribution in [0.4, 0.5) is 5.69 Å². The van der Waals surface area contributed by atoms with Gasteiger partial charge in [-0.3, -0.25) is 0 Å². The molecule has 1 aliphatic heterocycles. The summed E-state index contributed by atoms with van der Waals surface area (Å²) < 4.78 is 0. The van der Waals surface area contributed by atoms with Gasteiger partial charge in [0.25, 0.3) is 0 Å². The average molecular weight is 219 g/mol. The Hall–Kier alpha value is -1.16. The van der Waals surface area contributed by atoms with E-state index in [1.807, 2.05) is 30.3 Å². The molecule has 1 aromatic carbocycles. The van der Waals surface area contributed by atoms with Crippen LogP contribution in [-0.2, 0) is 0 Å². The lowest BCUT2D eigenvalue weighted by atomic mass is 10.3. The first-order valence-corrected chi connectivity index (χ1v) is 5.79. The molecule has 0 fully saturated rings. The Morgan fingerprint density at radius 2 is 2.07 bits per heavy atom. The molecule has 3 nitrogen and oxygen atoms in total. The standard InChI is InChI=1S/C11H13N3S/c1-3-11(2)14-13-10(15-11)12-9-7-5-4-6-8-9/h4-8H,3H2,1-2H3. The highest BCUT2D eigenvalue weighted by atomic mass is 32.2. The molecule has 0 radical (unpaired) electrons. The molecule has 1 heterocycles. The molecule has 2 rings (SSSR count). The topological polar surface area (TPSA) is 37.1 Å². The Morgan fingerprint density at radius 1 is 1.33 bits per heavy atom. The second-order valence-electron chi connectivity index (χ2n) is 3.56. The van der Waals surface area contributed by atoms with E-state index in [-0.39, 0.29) is 4.87 Å². The van der Waals surface area contributed by atoms with Gasteiger partial charge < -0.3 is 0 Å². The van der Waals surface area contributed by atoms with E-state index in [1.165, 1.54) is 0 Å². The summed E-state index contributed by atoms with van der Waals surface area (Å²) in [6.07, 6.45) is 0.967. The highest BCUT2D eigenvalue weighted by Gasteiger charge is 2.30. The van der Waals surface area contributed by atoms with Crippen molar-refractivity contribution in [3.8, 4) is 0 Å². The monoisotopic (exact) mass is 219 g/mol. The zero-order valence-corrected chi connectivity index (χ0v) is 9.66. The number of thioether (sulfide) groups is 1. The van der Waals surface area contributed by atoms with Crippen LogP contribution in [0, 0.1) is 0 Å². The quantitative estimate of drug-likeness (QED) is 0.740. The van der Waals surface area contributed by atoms with Gasteiger partial charge in [0, 0.05) is 0 Å². The van der Waals surface area contributed by atoms with Crippen LogP contribution in [0.25, 0.3) is 0 Å². The maximum Gasteiger partial charge on any atom is 0.211 e. The molecule has 0 spiro atoms. The summed E-state index contributed by atoms with van der Waals surface area (Å²) in [5.41, 5.74) is 0.930. The number of hydrogen-bond acceptors (Lipinski definition) is 3. The number of aliphatic imine (C=N–C) groups is 1. The van der Waals surface area contributed by atoms with Gasteiger partial charge >= 0.3 is 0 Å². The Labute approximate surface area is 93.7 Å². The molecule has 1 aliphatic rings. The van der Waals surface area contributed by atoms with E-state index in [1.54, 1.807) is 11.8 Å². The van der Waals surface area contributed by atoms with Crippen LogP contribution < -0.4 is 0 Å². The van der Waals surface area contributed by atoms with Crippen molar-refractivity contribution in [2.24, 2.45) is 15.2 Å². The van der Waals surface area contributed by atoms with Crippen LogP contribution in [0.5, 0.6) is 0 Å². The molecule has 1 atom stereocenters. The van der Waals surface area contributed by atoms with Gasteiger partial charge in [-0.1, -0.05) is 36.9 Å². The largest absolute Gasteiger partial charge is 0.222 e. The number of nitrogens with zero attached hydrogens (tertiary/aromatic N) is 3. The first-order valence-electron chi connectivity index (χ1n) is 4.97. The minimum Gasteiger partial charge on any atom is -0.222 e. The molecule has 1 aromatic rings. The lowest BCUT2D eigenvalue weighted by Crippen LogP contribution is -2.11. The summed E-state index contributed by atoms with van der Waals surface area (Å²) in [6, 6.07) is 9.84. The van der Waals surface area contributed by atoms with Crippen molar-refractivity contribution >= 4 is 22.6 Å². The molecule has 0 aliphatic carbocycles. The Balaban J connectivity index is 2.16. The fourth-order valence-corrected chi connectivity index (χ4v) is 2.04. The highest BCUT2D eigenvalue weighted by molar-refractivity contribution is 8.15. The lowest BCUT2D eigenvalue weighted by molar-refractivity contribution is 0.637. The maximum atomic E-state index is 4.42. The van der Waals surface area contributed by atoms with Gasteiger partial charge in [-0.2, -0.15) is 5.11 Å². The number of hydrogen-bond donors (Lipinski definition) is 0. The molecule has 0 saturated heterocycles. The number of rotatable bonds is 2. The van der Waals surface area contributed by atoms with E-state index in [0.717, 1.165) is 17.3 Å². The zero-order chi connectivity index (χ0) is 10.7. The van der Waals surface area contributed by atoms with E-state index in [9.17, 15) is 0 Å². The third-order valence-electron chi connectivity index (χ3n) is 2.30. The number of azo groups is 1. The third-order valence-corrected chi connectivity index (χ3v) is 3.46. The van der Waals surface area contributed by atoms with E-state index < -0.39 is 0 Å². The Bertz CT molecular complexity index is 400. The van der Waals surface area contributed by atoms with Gasteiger partial charge in [0.15, 0.2) is 0 Å². The molecule has 0 bridgehead atoms. The van der Waals surface area contributed by atoms with Gasteiger partial charge in [-0.25, -0.2) is 4.99 Å². The number of amidine groups is 1. The predicted molar refractivity (Wildman–Crippen MR) is 64.7 cm³/mol. The van der Waals surface area contributed by atoms with Crippen LogP contribution >= 0.6 is 11.8 Å². The molecule has 78 valence electrons. The molecule has 4 heteroatoms. The van der Waals surface area contributed by atoms with Crippen LogP contribution in [0.15, 0.2) is 45.6 Å². The van der Waals surface area contributed by atoms with Crippen molar-refractivity contribution in [1.29, 1.82) is 0 Å². The summed E-state index contributed by atoms with van der Waals surface area (Å²) in [5, 5.41) is 9.07.